The van der Waals surface area contributed by atoms with Crippen molar-refractivity contribution in [3.63, 3.8) is 0 Å². The average molecular weight is 1170 g/mol. The van der Waals surface area contributed by atoms with E-state index in [-0.39, 0.29) is 0 Å². The molecule has 0 atom stereocenters. The minimum absolute atomic E-state index is 0.678. The van der Waals surface area contributed by atoms with Crippen molar-refractivity contribution in [2.45, 2.75) is 0 Å². The van der Waals surface area contributed by atoms with Crippen molar-refractivity contribution < 1.29 is 0 Å². The second-order valence-corrected chi connectivity index (χ2v) is 24.4. The molecule has 0 bridgehead atoms. The first-order valence-corrected chi connectivity index (χ1v) is 31.7. The van der Waals surface area contributed by atoms with E-state index in [4.69, 9.17) is 4.98 Å². The van der Waals surface area contributed by atoms with Crippen molar-refractivity contribution in [1.82, 2.24) is 27.8 Å². The molecule has 1 aliphatic carbocycles. The number of pyridine rings is 1. The maximum absolute atomic E-state index is 5.49. The summed E-state index contributed by atoms with van der Waals surface area (Å²) in [4.78, 5) is 7.94. The molecule has 5 aromatic heterocycles. The molecule has 92 heavy (non-hydrogen) atoms. The van der Waals surface area contributed by atoms with Gasteiger partial charge in [0.15, 0.2) is 6.21 Å². The molecular weight excluding hydrogens is 1120 g/mol. The smallest absolute Gasteiger partial charge is 0.235 e. The van der Waals surface area contributed by atoms with Crippen molar-refractivity contribution in [3.05, 3.63) is 310 Å². The quantitative estimate of drug-likeness (QED) is 0.156. The van der Waals surface area contributed by atoms with E-state index in [1.807, 2.05) is 6.20 Å². The molecule has 428 valence electrons. The molecule has 0 fully saturated rings. The Morgan fingerprint density at radius 2 is 0.685 bits per heavy atom. The van der Waals surface area contributed by atoms with E-state index in [9.17, 15) is 0 Å². The Bertz CT molecular complexity index is 6070. The number of hydrogen-bond acceptors (Lipinski definition) is 2. The third kappa shape index (κ3) is 7.21. The van der Waals surface area contributed by atoms with Gasteiger partial charge in [0.2, 0.25) is 11.4 Å². The van der Waals surface area contributed by atoms with Crippen LogP contribution in [0.4, 0.5) is 22.7 Å². The molecule has 6 heterocycles. The molecule has 0 unspecified atom stereocenters. The molecule has 0 radical (unpaired) electrons. The van der Waals surface area contributed by atoms with Gasteiger partial charge in [0.05, 0.1) is 61.2 Å². The summed E-state index contributed by atoms with van der Waals surface area (Å²) >= 11 is 0. The van der Waals surface area contributed by atoms with E-state index < -0.39 is 0 Å². The molecule has 0 saturated heterocycles. The fourth-order valence-electron chi connectivity index (χ4n) is 15.8. The average Bonchev–Trinajstić information content (AvgIpc) is 1.29. The molecule has 7 nitrogen and oxygen atoms in total. The van der Waals surface area contributed by atoms with Gasteiger partial charge in [0.25, 0.3) is 0 Å². The van der Waals surface area contributed by atoms with E-state index in [1.54, 1.807) is 0 Å². The third-order valence-corrected chi connectivity index (χ3v) is 19.7. The van der Waals surface area contributed by atoms with Crippen LogP contribution in [0, 0.1) is 0 Å². The summed E-state index contributed by atoms with van der Waals surface area (Å²) < 4.78 is 12.4. The van der Waals surface area contributed by atoms with Crippen LogP contribution in [-0.2, 0) is 0 Å². The van der Waals surface area contributed by atoms with Gasteiger partial charge in [-0.15, -0.1) is 0 Å². The summed E-state index contributed by atoms with van der Waals surface area (Å²) in [5, 5.41) is 9.69. The van der Waals surface area contributed by atoms with Gasteiger partial charge in [0, 0.05) is 107 Å². The van der Waals surface area contributed by atoms with Crippen LogP contribution < -0.4 is 9.48 Å². The first-order chi connectivity index (χ1) is 45.7. The van der Waals surface area contributed by atoms with Gasteiger partial charge in [0.1, 0.15) is 12.2 Å². The molecule has 20 rings (SSSR count). The molecule has 1 aliphatic heterocycles. The Labute approximate surface area is 529 Å². The lowest BCUT2D eigenvalue weighted by molar-refractivity contribution is 1.000. The highest BCUT2D eigenvalue weighted by Crippen LogP contribution is 2.55. The first kappa shape index (κ1) is 50.7. The Balaban J connectivity index is 0.906. The highest BCUT2D eigenvalue weighted by Gasteiger charge is 2.35. The van der Waals surface area contributed by atoms with Crippen LogP contribution in [0.5, 0.6) is 0 Å². The van der Waals surface area contributed by atoms with Crippen molar-refractivity contribution in [2.24, 2.45) is 0 Å². The second kappa shape index (κ2) is 19.6. The van der Waals surface area contributed by atoms with Crippen molar-refractivity contribution >= 4 is 116 Å². The molecule has 18 aromatic rings. The summed E-state index contributed by atoms with van der Waals surface area (Å²) in [7, 11) is 0. The summed E-state index contributed by atoms with van der Waals surface area (Å²) in [6, 6.07) is 112. The summed E-state index contributed by atoms with van der Waals surface area (Å²) in [5.74, 6) is 0. The van der Waals surface area contributed by atoms with Crippen LogP contribution in [0.25, 0.3) is 155 Å². The predicted octanol–water partition coefficient (Wildman–Crippen LogP) is 21.5. The van der Waals surface area contributed by atoms with E-state index in [1.165, 1.54) is 65.2 Å². The number of aromatic nitrogens is 5. The highest BCUT2D eigenvalue weighted by molar-refractivity contribution is 6.17. The zero-order valence-corrected chi connectivity index (χ0v) is 49.9. The van der Waals surface area contributed by atoms with Gasteiger partial charge >= 0.3 is 0 Å². The topological polar surface area (TPSA) is 38.9 Å². The highest BCUT2D eigenvalue weighted by atomic mass is 15.2. The summed E-state index contributed by atoms with van der Waals surface area (Å²) in [5.41, 5.74) is 26.7. The van der Waals surface area contributed by atoms with Gasteiger partial charge < -0.3 is 23.2 Å². The molecule has 0 saturated carbocycles. The van der Waals surface area contributed by atoms with Gasteiger partial charge in [-0.25, -0.2) is 0 Å². The Hall–Kier alpha value is -12.3. The third-order valence-electron chi connectivity index (χ3n) is 19.7. The van der Waals surface area contributed by atoms with Crippen LogP contribution in [0.1, 0.15) is 0 Å². The van der Waals surface area contributed by atoms with Crippen LogP contribution in [0.2, 0.25) is 0 Å². The molecule has 0 N–H and O–H groups in total. The SMILES string of the molecule is C1=[N+](c2ccccc2)c2cc3c(cc2N(c2ccccc2)C1)-c1ncccc1-c1cccc(-n2c4ccccc4c4cc(-n5c6ccccc6c6ccccc65)ccc42)c1-c1c-3cccc1-n1c2ccccc2c2cc(-n3c4ccccc4c4ccccc43)ccc21. The Morgan fingerprint density at radius 1 is 0.272 bits per heavy atom. The molecule has 0 amide bonds. The minimum atomic E-state index is 0.678. The summed E-state index contributed by atoms with van der Waals surface area (Å²) in [6.07, 6.45) is 4.30. The number of hydrogen-bond donors (Lipinski definition) is 0. The predicted molar refractivity (Wildman–Crippen MR) is 384 cm³/mol. The monoisotopic (exact) mass is 1170 g/mol. The fraction of sp³-hybridized carbons (Fsp3) is 0.0118. The van der Waals surface area contributed by atoms with Crippen molar-refractivity contribution in [1.29, 1.82) is 0 Å². The second-order valence-electron chi connectivity index (χ2n) is 24.4. The van der Waals surface area contributed by atoms with E-state index >= 15 is 0 Å². The van der Waals surface area contributed by atoms with Gasteiger partial charge in [-0.2, -0.15) is 4.58 Å². The first-order valence-electron chi connectivity index (χ1n) is 31.7. The molecule has 0 spiro atoms. The summed E-state index contributed by atoms with van der Waals surface area (Å²) in [6.45, 7) is 0.678. The van der Waals surface area contributed by atoms with Crippen LogP contribution in [-0.4, -0.2) is 36.0 Å². The van der Waals surface area contributed by atoms with Gasteiger partial charge in [-0.3, -0.25) is 4.98 Å². The standard InChI is InChI=1S/C85H54N7/c1-3-22-54(23-4-1)87-48-49-88(55-24-5-2-6-25-55)82-53-70-67(52-81(82)87)65-33-20-42-80(92-76-40-18-12-31-63(76)69-51-57(44-46-78(69)92)90-73-37-15-9-28-60(73)61-29-10-16-38-74(61)90)84(65)83-64(66-34-21-47-86-85(66)70)32-19-41-79(83)91-75-39-17-11-30-62(75)68-50-56(43-45-77(68)91)89-71-35-13-7-26-58(71)59-27-8-14-36-72(59)89/h1-48,50-53H,49H2/q+1. The van der Waals surface area contributed by atoms with Gasteiger partial charge in [-0.1, -0.05) is 176 Å². The van der Waals surface area contributed by atoms with E-state index in [0.717, 1.165) is 112 Å². The van der Waals surface area contributed by atoms with Crippen molar-refractivity contribution in [2.75, 3.05) is 11.4 Å². The van der Waals surface area contributed by atoms with Crippen LogP contribution >= 0.6 is 0 Å². The van der Waals surface area contributed by atoms with Crippen LogP contribution in [0.3, 0.4) is 0 Å². The Kier molecular flexibility index (Phi) is 10.8. The zero-order valence-electron chi connectivity index (χ0n) is 49.9. The van der Waals surface area contributed by atoms with Crippen LogP contribution in [0.15, 0.2) is 310 Å². The minimum Gasteiger partial charge on any atom is -0.326 e. The van der Waals surface area contributed by atoms with E-state index in [2.05, 4.69) is 337 Å². The molecule has 7 heteroatoms. The zero-order chi connectivity index (χ0) is 60.1. The number of rotatable bonds is 6. The lowest BCUT2D eigenvalue weighted by atomic mass is 9.80. The fourth-order valence-corrected chi connectivity index (χ4v) is 15.8. The maximum atomic E-state index is 5.49. The Morgan fingerprint density at radius 3 is 1.18 bits per heavy atom. The molecule has 2 aliphatic rings. The number of para-hydroxylation sites is 8. The van der Waals surface area contributed by atoms with Crippen molar-refractivity contribution in [3.8, 4) is 67.4 Å². The molecular formula is C85H54N7+. The van der Waals surface area contributed by atoms with E-state index in [0.29, 0.717) is 6.54 Å². The number of fused-ring (bicyclic) bond motifs is 21. The normalized spacial score (nSPS) is 12.8. The largest absolute Gasteiger partial charge is 0.326 e. The number of benzene rings is 13. The molecule has 13 aromatic carbocycles. The maximum Gasteiger partial charge on any atom is 0.235 e. The number of anilines is 2. The van der Waals surface area contributed by atoms with Gasteiger partial charge in [-0.05, 0) is 126 Å². The lowest BCUT2D eigenvalue weighted by Gasteiger charge is -2.31. The lowest BCUT2D eigenvalue weighted by Crippen LogP contribution is -2.29. The number of nitrogens with zero attached hydrogens (tertiary/aromatic N) is 7.